The van der Waals surface area contributed by atoms with Crippen LogP contribution in [0.25, 0.3) is 5.69 Å². The molecule has 0 unspecified atom stereocenters. The van der Waals surface area contributed by atoms with Gasteiger partial charge < -0.3 is 10.0 Å². The molecule has 2 atom stereocenters. The maximum atomic E-state index is 14.8. The van der Waals surface area contributed by atoms with E-state index in [9.17, 15) is 18.7 Å². The van der Waals surface area contributed by atoms with Crippen molar-refractivity contribution in [1.29, 1.82) is 0 Å². The first-order chi connectivity index (χ1) is 16.9. The smallest absolute Gasteiger partial charge is 0.324 e. The van der Waals surface area contributed by atoms with E-state index in [0.29, 0.717) is 24.8 Å². The van der Waals surface area contributed by atoms with Crippen molar-refractivity contribution in [2.75, 3.05) is 18.0 Å². The van der Waals surface area contributed by atoms with E-state index in [1.165, 1.54) is 28.3 Å². The highest BCUT2D eigenvalue weighted by Gasteiger charge is 2.46. The van der Waals surface area contributed by atoms with Crippen LogP contribution in [0.15, 0.2) is 67.5 Å². The minimum Gasteiger partial charge on any atom is -0.381 e. The largest absolute Gasteiger partial charge is 0.381 e. The van der Waals surface area contributed by atoms with Crippen LogP contribution in [0.5, 0.6) is 0 Å². The van der Waals surface area contributed by atoms with Crippen LogP contribution in [0.1, 0.15) is 12.5 Å². The second-order valence-electron chi connectivity index (χ2n) is 8.31. The summed E-state index contributed by atoms with van der Waals surface area (Å²) in [7, 11) is 0. The number of nitrogens with zero attached hydrogens (tertiary/aromatic N) is 8. The summed E-state index contributed by atoms with van der Waals surface area (Å²) in [6.07, 6.45) is 5.96. The summed E-state index contributed by atoms with van der Waals surface area (Å²) in [5.41, 5.74) is -0.586. The van der Waals surface area contributed by atoms with Gasteiger partial charge in [0.1, 0.15) is 29.9 Å². The topological polar surface area (TPSA) is 105 Å². The minimum absolute atomic E-state index is 0.134. The van der Waals surface area contributed by atoms with E-state index >= 15 is 0 Å². The highest BCUT2D eigenvalue weighted by molar-refractivity contribution is 5.94. The van der Waals surface area contributed by atoms with Gasteiger partial charge in [-0.15, -0.1) is 5.10 Å². The SMILES string of the molecule is C[C@@H](N1CCN(c2ccc(-n3ccnn3)cc2)C1=O)[C@@](O)(Cn1cncn1)c1ccc(F)cc1F. The average molecular weight is 480 g/mol. The monoisotopic (exact) mass is 480 g/mol. The molecule has 1 fully saturated rings. The first kappa shape index (κ1) is 22.6. The highest BCUT2D eigenvalue weighted by Crippen LogP contribution is 2.35. The zero-order chi connectivity index (χ0) is 24.6. The van der Waals surface area contributed by atoms with E-state index in [2.05, 4.69) is 20.4 Å². The maximum absolute atomic E-state index is 14.8. The van der Waals surface area contributed by atoms with Crippen molar-refractivity contribution in [3.05, 3.63) is 84.7 Å². The van der Waals surface area contributed by atoms with Crippen molar-refractivity contribution >= 4 is 11.7 Å². The molecule has 12 heteroatoms. The predicted octanol–water partition coefficient (Wildman–Crippen LogP) is 2.36. The third-order valence-electron chi connectivity index (χ3n) is 6.32. The van der Waals surface area contributed by atoms with Crippen molar-refractivity contribution in [3.63, 3.8) is 0 Å². The maximum Gasteiger partial charge on any atom is 0.324 e. The van der Waals surface area contributed by atoms with Crippen molar-refractivity contribution in [2.24, 2.45) is 0 Å². The van der Waals surface area contributed by atoms with Gasteiger partial charge in [-0.2, -0.15) is 5.10 Å². The Morgan fingerprint density at radius 3 is 2.54 bits per heavy atom. The Hall–Kier alpha value is -4.19. The normalized spacial score (nSPS) is 16.5. The number of benzene rings is 2. The van der Waals surface area contributed by atoms with Crippen LogP contribution in [0.3, 0.4) is 0 Å². The van der Waals surface area contributed by atoms with Gasteiger partial charge in [-0.25, -0.2) is 27.9 Å². The molecule has 10 nitrogen and oxygen atoms in total. The number of hydrogen-bond donors (Lipinski definition) is 1. The first-order valence-corrected chi connectivity index (χ1v) is 10.9. The number of aromatic nitrogens is 6. The minimum atomic E-state index is -1.91. The number of amides is 2. The standard InChI is InChI=1S/C23H22F2N8O2/c1-16(23(35,13-30-15-26-14-28-30)20-7-2-17(24)12-21(20)25)31-10-11-32(22(31)34)18-3-5-19(6-4-18)33-9-8-27-29-33/h2-9,12,14-16,35H,10-11,13H2,1H3/t16-,23+/m1/s1. The van der Waals surface area contributed by atoms with E-state index in [-0.39, 0.29) is 18.1 Å². The van der Waals surface area contributed by atoms with E-state index in [1.54, 1.807) is 41.0 Å². The van der Waals surface area contributed by atoms with Crippen LogP contribution in [-0.4, -0.2) is 64.9 Å². The van der Waals surface area contributed by atoms with Gasteiger partial charge in [0.2, 0.25) is 0 Å². The Kier molecular flexibility index (Phi) is 5.73. The third kappa shape index (κ3) is 4.12. The molecule has 4 aromatic rings. The summed E-state index contributed by atoms with van der Waals surface area (Å²) in [5, 5.41) is 23.5. The number of carbonyl (C=O) groups is 1. The number of rotatable bonds is 7. The number of aliphatic hydroxyl groups is 1. The molecule has 0 aliphatic carbocycles. The van der Waals surface area contributed by atoms with Gasteiger partial charge in [0, 0.05) is 30.4 Å². The Bertz CT molecular complexity index is 1310. The molecular formula is C23H22F2N8O2. The van der Waals surface area contributed by atoms with E-state index in [0.717, 1.165) is 11.8 Å². The lowest BCUT2D eigenvalue weighted by Gasteiger charge is -2.39. The molecule has 5 rings (SSSR count). The molecule has 180 valence electrons. The van der Waals surface area contributed by atoms with E-state index in [4.69, 9.17) is 0 Å². The summed E-state index contributed by atoms with van der Waals surface area (Å²) in [6.45, 7) is 2.12. The molecule has 2 amide bonds. The third-order valence-corrected chi connectivity index (χ3v) is 6.32. The molecule has 0 radical (unpaired) electrons. The summed E-state index contributed by atoms with van der Waals surface area (Å²) >= 11 is 0. The molecule has 1 N–H and O–H groups in total. The zero-order valence-electron chi connectivity index (χ0n) is 18.7. The van der Waals surface area contributed by atoms with E-state index in [1.807, 2.05) is 12.1 Å². The lowest BCUT2D eigenvalue weighted by molar-refractivity contribution is -0.0475. The summed E-state index contributed by atoms with van der Waals surface area (Å²) < 4.78 is 31.4. The molecular weight excluding hydrogens is 458 g/mol. The molecule has 0 bridgehead atoms. The van der Waals surface area contributed by atoms with Gasteiger partial charge in [0.25, 0.3) is 0 Å². The van der Waals surface area contributed by atoms with Crippen molar-refractivity contribution < 1.29 is 18.7 Å². The van der Waals surface area contributed by atoms with Gasteiger partial charge in [0.15, 0.2) is 0 Å². The molecule has 0 saturated carbocycles. The van der Waals surface area contributed by atoms with Gasteiger partial charge in [-0.3, -0.25) is 4.90 Å². The summed E-state index contributed by atoms with van der Waals surface area (Å²) in [5.74, 6) is -1.67. The number of hydrogen-bond acceptors (Lipinski definition) is 6. The summed E-state index contributed by atoms with van der Waals surface area (Å²) in [6, 6.07) is 8.99. The molecule has 1 aliphatic heterocycles. The molecule has 2 aromatic heterocycles. The van der Waals surface area contributed by atoms with Gasteiger partial charge >= 0.3 is 6.03 Å². The second kappa shape index (κ2) is 8.87. The lowest BCUT2D eigenvalue weighted by Crippen LogP contribution is -2.53. The number of anilines is 1. The van der Waals surface area contributed by atoms with Crippen molar-refractivity contribution in [3.8, 4) is 5.69 Å². The van der Waals surface area contributed by atoms with Crippen LogP contribution >= 0.6 is 0 Å². The van der Waals surface area contributed by atoms with Crippen LogP contribution in [0.4, 0.5) is 19.3 Å². The quantitative estimate of drug-likeness (QED) is 0.436. The van der Waals surface area contributed by atoms with E-state index < -0.39 is 23.3 Å². The number of urea groups is 1. The Balaban J connectivity index is 1.43. The second-order valence-corrected chi connectivity index (χ2v) is 8.31. The van der Waals surface area contributed by atoms with Crippen molar-refractivity contribution in [1.82, 2.24) is 34.7 Å². The molecule has 2 aromatic carbocycles. The van der Waals surface area contributed by atoms with Crippen LogP contribution in [0.2, 0.25) is 0 Å². The molecule has 35 heavy (non-hydrogen) atoms. The highest BCUT2D eigenvalue weighted by atomic mass is 19.1. The van der Waals surface area contributed by atoms with Crippen LogP contribution < -0.4 is 4.90 Å². The molecule has 1 saturated heterocycles. The Morgan fingerprint density at radius 1 is 1.11 bits per heavy atom. The zero-order valence-corrected chi connectivity index (χ0v) is 18.7. The fourth-order valence-electron chi connectivity index (χ4n) is 4.39. The fraction of sp³-hybridized carbons (Fsp3) is 0.261. The van der Waals surface area contributed by atoms with Gasteiger partial charge in [0.05, 0.1) is 30.7 Å². The van der Waals surface area contributed by atoms with Gasteiger partial charge in [-0.05, 0) is 37.3 Å². The molecule has 1 aliphatic rings. The Morgan fingerprint density at radius 2 is 1.89 bits per heavy atom. The first-order valence-electron chi connectivity index (χ1n) is 10.9. The van der Waals surface area contributed by atoms with Crippen molar-refractivity contribution in [2.45, 2.75) is 25.1 Å². The number of halogens is 2. The molecule has 0 spiro atoms. The summed E-state index contributed by atoms with van der Waals surface area (Å²) in [4.78, 5) is 20.3. The number of carbonyl (C=O) groups excluding carboxylic acids is 1. The fourth-order valence-corrected chi connectivity index (χ4v) is 4.39. The van der Waals surface area contributed by atoms with Crippen LogP contribution in [-0.2, 0) is 12.1 Å². The van der Waals surface area contributed by atoms with Crippen LogP contribution in [0, 0.1) is 11.6 Å². The molecule has 3 heterocycles. The Labute approximate surface area is 199 Å². The predicted molar refractivity (Wildman–Crippen MR) is 121 cm³/mol. The lowest BCUT2D eigenvalue weighted by atomic mass is 9.85. The van der Waals surface area contributed by atoms with Gasteiger partial charge in [-0.1, -0.05) is 11.3 Å². The average Bonchev–Trinajstić information content (AvgIpc) is 3.61.